The van der Waals surface area contributed by atoms with Crippen LogP contribution in [-0.4, -0.2) is 23.8 Å². The molecule has 14 heavy (non-hydrogen) atoms. The van der Waals surface area contributed by atoms with Gasteiger partial charge in [-0.2, -0.15) is 0 Å². The molecule has 0 saturated carbocycles. The third kappa shape index (κ3) is 2.42. The molecule has 0 amide bonds. The van der Waals surface area contributed by atoms with Crippen LogP contribution in [0.15, 0.2) is 24.3 Å². The van der Waals surface area contributed by atoms with Crippen molar-refractivity contribution in [1.29, 1.82) is 0 Å². The van der Waals surface area contributed by atoms with Crippen LogP contribution in [0.5, 0.6) is 0 Å². The molecule has 2 nitrogen and oxygen atoms in total. The zero-order valence-corrected chi connectivity index (χ0v) is 9.29. The van der Waals surface area contributed by atoms with Gasteiger partial charge in [-0.1, -0.05) is 40.2 Å². The van der Waals surface area contributed by atoms with E-state index in [4.69, 9.17) is 4.74 Å². The first-order chi connectivity index (χ1) is 6.79. The number of ether oxygens (including phenoxy) is 1. The van der Waals surface area contributed by atoms with Gasteiger partial charge in [0.25, 0.3) is 0 Å². The van der Waals surface area contributed by atoms with Gasteiger partial charge in [-0.3, -0.25) is 4.79 Å². The number of Topliss-reactive ketones (excluding diaryl/α,β-unsaturated/α-hetero) is 1. The van der Waals surface area contributed by atoms with Crippen molar-refractivity contribution in [2.45, 2.75) is 12.5 Å². The van der Waals surface area contributed by atoms with Gasteiger partial charge in [0.15, 0.2) is 5.78 Å². The summed E-state index contributed by atoms with van der Waals surface area (Å²) in [6.45, 7) is 0.877. The summed E-state index contributed by atoms with van der Waals surface area (Å²) in [7, 11) is 0. The molecule has 0 aliphatic carbocycles. The van der Waals surface area contributed by atoms with Crippen LogP contribution >= 0.6 is 15.9 Å². The summed E-state index contributed by atoms with van der Waals surface area (Å²) in [5.74, 6) is 0.124. The summed E-state index contributed by atoms with van der Waals surface area (Å²) < 4.78 is 5.14. The number of halogens is 1. The van der Waals surface area contributed by atoms with Crippen molar-refractivity contribution in [1.82, 2.24) is 0 Å². The van der Waals surface area contributed by atoms with Crippen LogP contribution in [0.1, 0.15) is 15.9 Å². The summed E-state index contributed by atoms with van der Waals surface area (Å²) in [5.41, 5.74) is 2.00. The minimum atomic E-state index is 0.124. The molecule has 0 spiro atoms. The monoisotopic (exact) mass is 254 g/mol. The van der Waals surface area contributed by atoms with E-state index in [0.29, 0.717) is 11.4 Å². The highest BCUT2D eigenvalue weighted by Crippen LogP contribution is 2.16. The molecule has 74 valence electrons. The molecule has 1 fully saturated rings. The molecule has 0 N–H and O–H groups in total. The van der Waals surface area contributed by atoms with Gasteiger partial charge in [-0.15, -0.1) is 0 Å². The Labute approximate surface area is 91.4 Å². The number of benzene rings is 1. The third-order valence-electron chi connectivity index (χ3n) is 2.26. The van der Waals surface area contributed by atoms with Crippen LogP contribution in [0.3, 0.4) is 0 Å². The number of hydrogen-bond donors (Lipinski definition) is 0. The average molecular weight is 255 g/mol. The van der Waals surface area contributed by atoms with Crippen LogP contribution < -0.4 is 0 Å². The molecule has 1 unspecified atom stereocenters. The van der Waals surface area contributed by atoms with Gasteiger partial charge in [0.2, 0.25) is 0 Å². The van der Waals surface area contributed by atoms with Crippen LogP contribution in [0.4, 0.5) is 0 Å². The van der Waals surface area contributed by atoms with Gasteiger partial charge in [-0.05, 0) is 5.56 Å². The zero-order chi connectivity index (χ0) is 9.97. The summed E-state index contributed by atoms with van der Waals surface area (Å²) in [5, 5.41) is 0.387. The van der Waals surface area contributed by atoms with Gasteiger partial charge in [0, 0.05) is 12.0 Å². The summed E-state index contributed by atoms with van der Waals surface area (Å²) in [6, 6.07) is 7.75. The number of ketones is 1. The third-order valence-corrected chi connectivity index (χ3v) is 2.77. The lowest BCUT2D eigenvalue weighted by Gasteiger charge is -2.00. The molecule has 1 aliphatic rings. The largest absolute Gasteiger partial charge is 0.373 e. The fourth-order valence-corrected chi connectivity index (χ4v) is 1.68. The second-order valence-corrected chi connectivity index (χ2v) is 3.97. The predicted octanol–water partition coefficient (Wildman–Crippen LogP) is 2.21. The van der Waals surface area contributed by atoms with E-state index < -0.39 is 0 Å². The summed E-state index contributed by atoms with van der Waals surface area (Å²) in [6.07, 6.45) is 1.37. The van der Waals surface area contributed by atoms with Crippen LogP contribution in [0.2, 0.25) is 0 Å². The Morgan fingerprint density at radius 2 is 2.07 bits per heavy atom. The smallest absolute Gasteiger partial charge is 0.173 e. The molecule has 0 radical (unpaired) electrons. The Hall–Kier alpha value is -0.670. The summed E-state index contributed by atoms with van der Waals surface area (Å²) >= 11 is 3.15. The maximum absolute atomic E-state index is 11.3. The molecule has 0 bridgehead atoms. The summed E-state index contributed by atoms with van der Waals surface area (Å²) in [4.78, 5) is 11.3. The molecule has 0 aromatic heterocycles. The van der Waals surface area contributed by atoms with Crippen molar-refractivity contribution in [3.05, 3.63) is 35.4 Å². The Kier molecular flexibility index (Phi) is 2.99. The Morgan fingerprint density at radius 3 is 2.57 bits per heavy atom. The first-order valence-corrected chi connectivity index (χ1v) is 5.71. The average Bonchev–Trinajstić information content (AvgIpc) is 3.02. The molecule has 3 heteroatoms. The van der Waals surface area contributed by atoms with Gasteiger partial charge in [-0.25, -0.2) is 0 Å². The van der Waals surface area contributed by atoms with Gasteiger partial charge < -0.3 is 4.74 Å². The van der Waals surface area contributed by atoms with Gasteiger partial charge >= 0.3 is 0 Å². The molecular formula is C11H11BrO2. The maximum atomic E-state index is 11.3. The second-order valence-electron chi connectivity index (χ2n) is 3.41. The number of hydrogen-bond acceptors (Lipinski definition) is 2. The van der Waals surface area contributed by atoms with E-state index in [9.17, 15) is 4.79 Å². The van der Waals surface area contributed by atoms with E-state index in [1.54, 1.807) is 0 Å². The van der Waals surface area contributed by atoms with Crippen molar-refractivity contribution in [3.63, 3.8) is 0 Å². The Morgan fingerprint density at radius 1 is 1.43 bits per heavy atom. The topological polar surface area (TPSA) is 29.6 Å². The first-order valence-electron chi connectivity index (χ1n) is 4.59. The second kappa shape index (κ2) is 4.24. The van der Waals surface area contributed by atoms with E-state index in [1.807, 2.05) is 24.3 Å². The number of epoxide rings is 1. The lowest BCUT2D eigenvalue weighted by Crippen LogP contribution is -2.00. The van der Waals surface area contributed by atoms with E-state index >= 15 is 0 Å². The van der Waals surface area contributed by atoms with E-state index in [2.05, 4.69) is 15.9 Å². The fourth-order valence-electron chi connectivity index (χ4n) is 1.35. The quantitative estimate of drug-likeness (QED) is 0.469. The minimum absolute atomic E-state index is 0.124. The molecule has 1 heterocycles. The first kappa shape index (κ1) is 9.87. The van der Waals surface area contributed by atoms with E-state index in [1.165, 1.54) is 5.56 Å². The van der Waals surface area contributed by atoms with Crippen molar-refractivity contribution in [2.24, 2.45) is 0 Å². The Bertz CT molecular complexity index is 328. The molecule has 1 aromatic rings. The van der Waals surface area contributed by atoms with E-state index in [-0.39, 0.29) is 5.78 Å². The highest BCUT2D eigenvalue weighted by atomic mass is 79.9. The molecule has 1 atom stereocenters. The van der Waals surface area contributed by atoms with Crippen molar-refractivity contribution in [2.75, 3.05) is 11.9 Å². The molecule has 1 saturated heterocycles. The van der Waals surface area contributed by atoms with Gasteiger partial charge in [0.05, 0.1) is 18.0 Å². The highest BCUT2D eigenvalue weighted by molar-refractivity contribution is 9.09. The Balaban J connectivity index is 2.04. The molecular weight excluding hydrogens is 244 g/mol. The van der Waals surface area contributed by atoms with Crippen LogP contribution in [-0.2, 0) is 11.2 Å². The number of carbonyl (C=O) groups is 1. The van der Waals surface area contributed by atoms with E-state index in [0.717, 1.165) is 18.6 Å². The number of carbonyl (C=O) groups excluding carboxylic acids is 1. The predicted molar refractivity (Wildman–Crippen MR) is 58.0 cm³/mol. The lowest BCUT2D eigenvalue weighted by molar-refractivity contribution is 0.102. The number of rotatable bonds is 4. The van der Waals surface area contributed by atoms with Crippen molar-refractivity contribution < 1.29 is 9.53 Å². The fraction of sp³-hybridized carbons (Fsp3) is 0.364. The van der Waals surface area contributed by atoms with Crippen molar-refractivity contribution >= 4 is 21.7 Å². The lowest BCUT2D eigenvalue weighted by atomic mass is 10.1. The highest BCUT2D eigenvalue weighted by Gasteiger charge is 2.22. The van der Waals surface area contributed by atoms with Crippen molar-refractivity contribution in [3.8, 4) is 0 Å². The maximum Gasteiger partial charge on any atom is 0.173 e. The molecule has 1 aromatic carbocycles. The molecule has 1 aliphatic heterocycles. The van der Waals surface area contributed by atoms with Crippen LogP contribution in [0.25, 0.3) is 0 Å². The van der Waals surface area contributed by atoms with Gasteiger partial charge in [0.1, 0.15) is 0 Å². The standard InChI is InChI=1S/C11H11BrO2/c12-6-11(13)9-3-1-8(2-4-9)5-10-7-14-10/h1-4,10H,5-7H2. The minimum Gasteiger partial charge on any atom is -0.373 e. The molecule has 2 rings (SSSR count). The normalized spacial score (nSPS) is 19.4. The van der Waals surface area contributed by atoms with Crippen LogP contribution in [0, 0.1) is 0 Å². The number of alkyl halides is 1. The zero-order valence-electron chi connectivity index (χ0n) is 7.70. The SMILES string of the molecule is O=C(CBr)c1ccc(CC2CO2)cc1.